The lowest BCUT2D eigenvalue weighted by Gasteiger charge is -2.10. The van der Waals surface area contributed by atoms with E-state index in [1.54, 1.807) is 6.08 Å². The van der Waals surface area contributed by atoms with Crippen LogP contribution in [0, 0.1) is 11.3 Å². The van der Waals surface area contributed by atoms with Gasteiger partial charge in [-0.05, 0) is 53.6 Å². The average Bonchev–Trinajstić information content (AvgIpc) is 2.80. The first-order valence-electron chi connectivity index (χ1n) is 9.65. The molecular formula is C26H20N2O2. The number of fused-ring (bicyclic) bond motifs is 1. The molecular weight excluding hydrogens is 372 g/mol. The van der Waals surface area contributed by atoms with Gasteiger partial charge in [-0.3, -0.25) is 0 Å². The van der Waals surface area contributed by atoms with Crippen molar-refractivity contribution in [2.24, 2.45) is 0 Å². The Balaban J connectivity index is 1.38. The lowest BCUT2D eigenvalue weighted by Crippen LogP contribution is -2.00. The Morgan fingerprint density at radius 1 is 0.800 bits per heavy atom. The molecule has 0 aliphatic carbocycles. The number of pyridine rings is 1. The fraction of sp³-hybridized carbons (Fsp3) is 0.0769. The normalized spacial score (nSPS) is 10.8. The summed E-state index contributed by atoms with van der Waals surface area (Å²) in [4.78, 5) is 4.64. The molecule has 0 unspecified atom stereocenters. The third kappa shape index (κ3) is 5.03. The molecule has 0 aliphatic heterocycles. The molecule has 146 valence electrons. The minimum atomic E-state index is 0.405. The first kappa shape index (κ1) is 19.2. The zero-order valence-corrected chi connectivity index (χ0v) is 16.4. The van der Waals surface area contributed by atoms with Gasteiger partial charge in [-0.2, -0.15) is 5.26 Å². The van der Waals surface area contributed by atoms with Gasteiger partial charge >= 0.3 is 0 Å². The van der Waals surface area contributed by atoms with Crippen molar-refractivity contribution in [2.75, 3.05) is 0 Å². The Bertz CT molecular complexity index is 1220. The first-order chi connectivity index (χ1) is 14.8. The minimum absolute atomic E-state index is 0.405. The van der Waals surface area contributed by atoms with E-state index in [2.05, 4.69) is 11.1 Å². The molecule has 0 fully saturated rings. The van der Waals surface area contributed by atoms with Crippen molar-refractivity contribution in [1.29, 1.82) is 5.26 Å². The smallest absolute Gasteiger partial charge is 0.130 e. The molecule has 0 atom stereocenters. The summed E-state index contributed by atoms with van der Waals surface area (Å²) in [5, 5.41) is 9.77. The van der Waals surface area contributed by atoms with Crippen LogP contribution in [0.25, 0.3) is 17.0 Å². The van der Waals surface area contributed by atoms with E-state index in [9.17, 15) is 0 Å². The highest BCUT2D eigenvalue weighted by atomic mass is 16.5. The summed E-state index contributed by atoms with van der Waals surface area (Å²) in [5.74, 6) is 1.53. The molecule has 3 aromatic carbocycles. The topological polar surface area (TPSA) is 55.1 Å². The van der Waals surface area contributed by atoms with Gasteiger partial charge in [-0.1, -0.05) is 48.5 Å². The van der Waals surface area contributed by atoms with E-state index in [-0.39, 0.29) is 0 Å². The van der Waals surface area contributed by atoms with Crippen molar-refractivity contribution in [3.63, 3.8) is 0 Å². The van der Waals surface area contributed by atoms with Crippen molar-refractivity contribution in [3.05, 3.63) is 108 Å². The van der Waals surface area contributed by atoms with Crippen LogP contribution in [0.15, 0.2) is 91.0 Å². The van der Waals surface area contributed by atoms with Crippen LogP contribution in [0.5, 0.6) is 11.5 Å². The summed E-state index contributed by atoms with van der Waals surface area (Å²) in [6, 6.07) is 29.6. The number of hydrogen-bond acceptors (Lipinski definition) is 4. The highest BCUT2D eigenvalue weighted by Crippen LogP contribution is 2.20. The van der Waals surface area contributed by atoms with E-state index in [0.29, 0.717) is 13.2 Å². The van der Waals surface area contributed by atoms with Crippen molar-refractivity contribution in [3.8, 4) is 17.6 Å². The van der Waals surface area contributed by atoms with Crippen LogP contribution in [0.1, 0.15) is 16.8 Å². The minimum Gasteiger partial charge on any atom is -0.489 e. The largest absolute Gasteiger partial charge is 0.489 e. The maximum atomic E-state index is 8.65. The van der Waals surface area contributed by atoms with Gasteiger partial charge < -0.3 is 9.47 Å². The van der Waals surface area contributed by atoms with Crippen LogP contribution in [0.4, 0.5) is 0 Å². The molecule has 0 saturated heterocycles. The van der Waals surface area contributed by atoms with E-state index in [4.69, 9.17) is 14.7 Å². The standard InChI is InChI=1S/C26H20N2O2/c27-15-5-8-20-6-3-10-24(16-20)29-18-21-7-4-11-25(17-21)30-19-23-14-13-22-9-1-2-12-26(22)28-23/h1-14,16-17H,18-19H2/b8-5+. The van der Waals surface area contributed by atoms with E-state index < -0.39 is 0 Å². The Hall–Kier alpha value is -4.10. The quantitative estimate of drug-likeness (QED) is 0.366. The van der Waals surface area contributed by atoms with Crippen LogP contribution >= 0.6 is 0 Å². The molecule has 0 spiro atoms. The second kappa shape index (κ2) is 9.40. The zero-order chi connectivity index (χ0) is 20.6. The number of para-hydroxylation sites is 1. The first-order valence-corrected chi connectivity index (χ1v) is 9.65. The van der Waals surface area contributed by atoms with Gasteiger partial charge in [-0.15, -0.1) is 0 Å². The molecule has 1 heterocycles. The Morgan fingerprint density at radius 3 is 2.50 bits per heavy atom. The molecule has 0 N–H and O–H groups in total. The van der Waals surface area contributed by atoms with Gasteiger partial charge in [0, 0.05) is 11.5 Å². The van der Waals surface area contributed by atoms with Crippen molar-refractivity contribution < 1.29 is 9.47 Å². The SMILES string of the molecule is N#C/C=C/c1cccc(OCc2cccc(OCc3ccc4ccccc4n3)c2)c1. The summed E-state index contributed by atoms with van der Waals surface area (Å²) < 4.78 is 11.8. The van der Waals surface area contributed by atoms with Crippen molar-refractivity contribution in [2.45, 2.75) is 13.2 Å². The van der Waals surface area contributed by atoms with Crippen LogP contribution in [0.2, 0.25) is 0 Å². The third-order valence-electron chi connectivity index (χ3n) is 4.56. The lowest BCUT2D eigenvalue weighted by atomic mass is 10.2. The van der Waals surface area contributed by atoms with E-state index in [1.807, 2.05) is 84.9 Å². The molecule has 0 aliphatic rings. The van der Waals surface area contributed by atoms with Crippen LogP contribution in [-0.2, 0) is 13.2 Å². The van der Waals surface area contributed by atoms with E-state index in [0.717, 1.165) is 39.2 Å². The lowest BCUT2D eigenvalue weighted by molar-refractivity contribution is 0.293. The number of allylic oxidation sites excluding steroid dienone is 1. The number of nitrogens with zero attached hydrogens (tertiary/aromatic N) is 2. The van der Waals surface area contributed by atoms with E-state index >= 15 is 0 Å². The Morgan fingerprint density at radius 2 is 1.60 bits per heavy atom. The number of aromatic nitrogens is 1. The molecule has 1 aromatic heterocycles. The third-order valence-corrected chi connectivity index (χ3v) is 4.56. The maximum Gasteiger partial charge on any atom is 0.130 e. The van der Waals surface area contributed by atoms with Crippen LogP contribution in [-0.4, -0.2) is 4.98 Å². The summed E-state index contributed by atoms with van der Waals surface area (Å²) in [6.45, 7) is 0.833. The summed E-state index contributed by atoms with van der Waals surface area (Å²) >= 11 is 0. The second-order valence-corrected chi connectivity index (χ2v) is 6.75. The second-order valence-electron chi connectivity index (χ2n) is 6.75. The van der Waals surface area contributed by atoms with Crippen LogP contribution in [0.3, 0.4) is 0 Å². The Kier molecular flexibility index (Phi) is 6.02. The van der Waals surface area contributed by atoms with Gasteiger partial charge in [0.2, 0.25) is 0 Å². The number of benzene rings is 3. The molecule has 0 amide bonds. The predicted octanol–water partition coefficient (Wildman–Crippen LogP) is 5.93. The number of nitriles is 1. The zero-order valence-electron chi connectivity index (χ0n) is 16.4. The fourth-order valence-electron chi connectivity index (χ4n) is 3.08. The molecule has 4 nitrogen and oxygen atoms in total. The molecule has 4 aromatic rings. The summed E-state index contributed by atoms with van der Waals surface area (Å²) in [7, 11) is 0. The van der Waals surface area contributed by atoms with Gasteiger partial charge in [-0.25, -0.2) is 4.98 Å². The fourth-order valence-corrected chi connectivity index (χ4v) is 3.08. The molecule has 30 heavy (non-hydrogen) atoms. The van der Waals surface area contributed by atoms with Crippen molar-refractivity contribution >= 4 is 17.0 Å². The summed E-state index contributed by atoms with van der Waals surface area (Å²) in [5.41, 5.74) is 3.79. The highest BCUT2D eigenvalue weighted by molar-refractivity contribution is 5.78. The number of ether oxygens (including phenoxy) is 2. The average molecular weight is 392 g/mol. The van der Waals surface area contributed by atoms with Gasteiger partial charge in [0.05, 0.1) is 17.3 Å². The predicted molar refractivity (Wildman–Crippen MR) is 118 cm³/mol. The molecule has 0 saturated carbocycles. The van der Waals surface area contributed by atoms with Gasteiger partial charge in [0.25, 0.3) is 0 Å². The monoisotopic (exact) mass is 392 g/mol. The molecule has 4 heteroatoms. The van der Waals surface area contributed by atoms with Crippen LogP contribution < -0.4 is 9.47 Å². The highest BCUT2D eigenvalue weighted by Gasteiger charge is 2.02. The summed E-state index contributed by atoms with van der Waals surface area (Å²) in [6.07, 6.45) is 3.20. The molecule has 4 rings (SSSR count). The maximum absolute atomic E-state index is 8.65. The molecule has 0 bridgehead atoms. The van der Waals surface area contributed by atoms with E-state index in [1.165, 1.54) is 6.08 Å². The number of hydrogen-bond donors (Lipinski definition) is 0. The number of rotatable bonds is 7. The molecule has 0 radical (unpaired) electrons. The van der Waals surface area contributed by atoms with Crippen molar-refractivity contribution in [1.82, 2.24) is 4.98 Å². The Labute approximate surface area is 175 Å². The van der Waals surface area contributed by atoms with Gasteiger partial charge in [0.15, 0.2) is 0 Å². The van der Waals surface area contributed by atoms with Gasteiger partial charge in [0.1, 0.15) is 24.7 Å².